The van der Waals surface area contributed by atoms with Gasteiger partial charge in [0.2, 0.25) is 0 Å². The van der Waals surface area contributed by atoms with Gasteiger partial charge in [-0.2, -0.15) is 0 Å². The zero-order chi connectivity index (χ0) is 11.5. The lowest BCUT2D eigenvalue weighted by Gasteiger charge is -2.34. The number of rotatable bonds is 2. The molecular formula is C13H21N3. The van der Waals surface area contributed by atoms with Gasteiger partial charge in [-0.3, -0.25) is 9.88 Å². The van der Waals surface area contributed by atoms with Gasteiger partial charge in [-0.1, -0.05) is 13.0 Å². The van der Waals surface area contributed by atoms with Gasteiger partial charge in [-0.25, -0.2) is 0 Å². The van der Waals surface area contributed by atoms with E-state index in [1.807, 2.05) is 13.1 Å². The first-order valence-electron chi connectivity index (χ1n) is 6.03. The third-order valence-corrected chi connectivity index (χ3v) is 3.15. The van der Waals surface area contributed by atoms with Crippen molar-refractivity contribution >= 4 is 0 Å². The Kier molecular flexibility index (Phi) is 3.56. The second-order valence-corrected chi connectivity index (χ2v) is 5.10. The minimum Gasteiger partial charge on any atom is -0.327 e. The van der Waals surface area contributed by atoms with Crippen LogP contribution in [0.4, 0.5) is 0 Å². The average Bonchev–Trinajstić information content (AvgIpc) is 2.20. The normalized spacial score (nSPS) is 26.9. The minimum atomic E-state index is 0.335. The molecule has 3 heteroatoms. The number of nitrogens with zero attached hydrogens (tertiary/aromatic N) is 2. The van der Waals surface area contributed by atoms with Crippen molar-refractivity contribution in [2.24, 2.45) is 11.7 Å². The van der Waals surface area contributed by atoms with Crippen molar-refractivity contribution in [1.29, 1.82) is 0 Å². The first-order chi connectivity index (χ1) is 7.63. The Hall–Kier alpha value is -0.930. The number of hydrogen-bond acceptors (Lipinski definition) is 3. The van der Waals surface area contributed by atoms with Gasteiger partial charge in [0.15, 0.2) is 0 Å². The number of piperidine rings is 1. The van der Waals surface area contributed by atoms with E-state index in [-0.39, 0.29) is 0 Å². The summed E-state index contributed by atoms with van der Waals surface area (Å²) in [6.07, 6.45) is 3.13. The van der Waals surface area contributed by atoms with Crippen LogP contribution >= 0.6 is 0 Å². The number of hydrogen-bond donors (Lipinski definition) is 1. The maximum atomic E-state index is 6.04. The highest BCUT2D eigenvalue weighted by Crippen LogP contribution is 2.17. The molecule has 0 bridgehead atoms. The predicted molar refractivity (Wildman–Crippen MR) is 66.0 cm³/mol. The molecule has 2 rings (SSSR count). The van der Waals surface area contributed by atoms with Crippen LogP contribution in [0.5, 0.6) is 0 Å². The summed E-state index contributed by atoms with van der Waals surface area (Å²) < 4.78 is 0. The van der Waals surface area contributed by atoms with Gasteiger partial charge < -0.3 is 5.73 Å². The monoisotopic (exact) mass is 219 g/mol. The Morgan fingerprint density at radius 1 is 1.44 bits per heavy atom. The zero-order valence-electron chi connectivity index (χ0n) is 10.2. The minimum absolute atomic E-state index is 0.335. The van der Waals surface area contributed by atoms with Gasteiger partial charge >= 0.3 is 0 Å². The van der Waals surface area contributed by atoms with Crippen LogP contribution in [0.15, 0.2) is 18.3 Å². The van der Waals surface area contributed by atoms with Crippen molar-refractivity contribution in [3.63, 3.8) is 0 Å². The molecule has 1 aromatic heterocycles. The van der Waals surface area contributed by atoms with Gasteiger partial charge in [0, 0.05) is 37.6 Å². The summed E-state index contributed by atoms with van der Waals surface area (Å²) in [5.74, 6) is 0.710. The molecule has 1 aliphatic rings. The molecular weight excluding hydrogens is 198 g/mol. The van der Waals surface area contributed by atoms with Crippen LogP contribution in [0, 0.1) is 12.8 Å². The first kappa shape index (κ1) is 11.6. The van der Waals surface area contributed by atoms with Crippen molar-refractivity contribution in [2.45, 2.75) is 32.9 Å². The highest BCUT2D eigenvalue weighted by atomic mass is 15.1. The standard InChI is InChI=1S/C13H21N3/c1-10-5-13(14)9-16(7-10)8-12-4-3-11(2)15-6-12/h3-4,6,10,13H,5,7-9,14H2,1-2H3. The van der Waals surface area contributed by atoms with Crippen LogP contribution in [-0.2, 0) is 6.54 Å². The molecule has 1 saturated heterocycles. The fourth-order valence-electron chi connectivity index (χ4n) is 2.49. The molecule has 0 amide bonds. The average molecular weight is 219 g/mol. The van der Waals surface area contributed by atoms with E-state index in [2.05, 4.69) is 28.9 Å². The summed E-state index contributed by atoms with van der Waals surface area (Å²) in [6.45, 7) is 7.44. The van der Waals surface area contributed by atoms with Crippen LogP contribution in [0.25, 0.3) is 0 Å². The molecule has 0 aliphatic carbocycles. The van der Waals surface area contributed by atoms with Crippen LogP contribution in [-0.4, -0.2) is 29.0 Å². The van der Waals surface area contributed by atoms with E-state index >= 15 is 0 Å². The Morgan fingerprint density at radius 2 is 2.25 bits per heavy atom. The van der Waals surface area contributed by atoms with E-state index < -0.39 is 0 Å². The van der Waals surface area contributed by atoms with Crippen LogP contribution in [0.1, 0.15) is 24.6 Å². The maximum Gasteiger partial charge on any atom is 0.0372 e. The second-order valence-electron chi connectivity index (χ2n) is 5.10. The van der Waals surface area contributed by atoms with E-state index in [0.29, 0.717) is 12.0 Å². The highest BCUT2D eigenvalue weighted by Gasteiger charge is 2.21. The van der Waals surface area contributed by atoms with Crippen molar-refractivity contribution in [3.8, 4) is 0 Å². The molecule has 0 aromatic carbocycles. The Morgan fingerprint density at radius 3 is 2.88 bits per heavy atom. The SMILES string of the molecule is Cc1ccc(CN2CC(C)CC(N)C2)cn1. The lowest BCUT2D eigenvalue weighted by molar-refractivity contribution is 0.158. The molecule has 88 valence electrons. The molecule has 16 heavy (non-hydrogen) atoms. The summed E-state index contributed by atoms with van der Waals surface area (Å²) in [4.78, 5) is 6.76. The van der Waals surface area contributed by atoms with Crippen LogP contribution < -0.4 is 5.73 Å². The molecule has 2 unspecified atom stereocenters. The summed E-state index contributed by atoms with van der Waals surface area (Å²) >= 11 is 0. The fourth-order valence-corrected chi connectivity index (χ4v) is 2.49. The molecule has 0 saturated carbocycles. The van der Waals surface area contributed by atoms with E-state index in [9.17, 15) is 0 Å². The highest BCUT2D eigenvalue weighted by molar-refractivity contribution is 5.13. The van der Waals surface area contributed by atoms with Gasteiger partial charge in [-0.05, 0) is 30.9 Å². The third kappa shape index (κ3) is 3.03. The predicted octanol–water partition coefficient (Wildman–Crippen LogP) is 1.56. The van der Waals surface area contributed by atoms with Crippen LogP contribution in [0.3, 0.4) is 0 Å². The number of likely N-dealkylation sites (tertiary alicyclic amines) is 1. The molecule has 1 fully saturated rings. The molecule has 2 heterocycles. The number of nitrogens with two attached hydrogens (primary N) is 1. The van der Waals surface area contributed by atoms with Gasteiger partial charge in [0.1, 0.15) is 0 Å². The van der Waals surface area contributed by atoms with Gasteiger partial charge in [0.05, 0.1) is 0 Å². The van der Waals surface area contributed by atoms with Crippen LogP contribution in [0.2, 0.25) is 0 Å². The van der Waals surface area contributed by atoms with E-state index in [0.717, 1.165) is 31.7 Å². The largest absolute Gasteiger partial charge is 0.327 e. The summed E-state index contributed by atoms with van der Waals surface area (Å²) in [5.41, 5.74) is 8.40. The van der Waals surface area contributed by atoms with Gasteiger partial charge in [-0.15, -0.1) is 0 Å². The molecule has 2 N–H and O–H groups in total. The number of aromatic nitrogens is 1. The van der Waals surface area contributed by atoms with Crippen molar-refractivity contribution in [3.05, 3.63) is 29.6 Å². The fraction of sp³-hybridized carbons (Fsp3) is 0.615. The van der Waals surface area contributed by atoms with Gasteiger partial charge in [0.25, 0.3) is 0 Å². The molecule has 0 spiro atoms. The molecule has 0 radical (unpaired) electrons. The van der Waals surface area contributed by atoms with Crippen molar-refractivity contribution in [2.75, 3.05) is 13.1 Å². The van der Waals surface area contributed by atoms with Crippen molar-refractivity contribution in [1.82, 2.24) is 9.88 Å². The van der Waals surface area contributed by atoms with E-state index in [1.54, 1.807) is 0 Å². The smallest absolute Gasteiger partial charge is 0.0372 e. The Balaban J connectivity index is 1.96. The quantitative estimate of drug-likeness (QED) is 0.820. The summed E-state index contributed by atoms with van der Waals surface area (Å²) in [5, 5.41) is 0. The topological polar surface area (TPSA) is 42.1 Å². The summed E-state index contributed by atoms with van der Waals surface area (Å²) in [6, 6.07) is 4.57. The lowest BCUT2D eigenvalue weighted by Crippen LogP contribution is -2.45. The van der Waals surface area contributed by atoms with E-state index in [4.69, 9.17) is 5.73 Å². The van der Waals surface area contributed by atoms with Crippen molar-refractivity contribution < 1.29 is 0 Å². The molecule has 3 nitrogen and oxygen atoms in total. The Bertz CT molecular complexity index is 324. The zero-order valence-corrected chi connectivity index (χ0v) is 10.2. The number of pyridine rings is 1. The third-order valence-electron chi connectivity index (χ3n) is 3.15. The first-order valence-corrected chi connectivity index (χ1v) is 6.03. The Labute approximate surface area is 97.7 Å². The number of aryl methyl sites for hydroxylation is 1. The lowest BCUT2D eigenvalue weighted by atomic mass is 9.96. The summed E-state index contributed by atoms with van der Waals surface area (Å²) in [7, 11) is 0. The molecule has 2 atom stereocenters. The van der Waals surface area contributed by atoms with E-state index in [1.165, 1.54) is 5.56 Å². The molecule has 1 aromatic rings. The second kappa shape index (κ2) is 4.93. The maximum absolute atomic E-state index is 6.04. The molecule has 1 aliphatic heterocycles.